The number of rotatable bonds is 7. The van der Waals surface area contributed by atoms with Gasteiger partial charge in [-0.1, -0.05) is 12.1 Å². The molecular weight excluding hydrogens is 540 g/mol. The summed E-state index contributed by atoms with van der Waals surface area (Å²) >= 11 is 0. The Morgan fingerprint density at radius 1 is 1.02 bits per heavy atom. The first kappa shape index (κ1) is 28.8. The number of hydrogen-bond donors (Lipinski definition) is 4. The largest absolute Gasteiger partial charge is 0.386 e. The van der Waals surface area contributed by atoms with Crippen LogP contribution in [0, 0.1) is 28.6 Å². The van der Waals surface area contributed by atoms with Crippen molar-refractivity contribution in [3.05, 3.63) is 29.8 Å². The molecule has 6 aliphatic rings. The zero-order chi connectivity index (χ0) is 30.0. The summed E-state index contributed by atoms with van der Waals surface area (Å²) < 4.78 is 18.0. The summed E-state index contributed by atoms with van der Waals surface area (Å²) in [6.45, 7) is 2.11. The molecule has 7 bridgehead atoms. The van der Waals surface area contributed by atoms with E-state index in [4.69, 9.17) is 14.2 Å². The number of carbonyl (C=O) groups excluding carboxylic acids is 2. The SMILES string of the molecule is CO[C@@H]1[C@@]2(O)C[C@H]3[C@@]45[C@@H]6C[C@H]([C@H]4N(C)C[C@]6(CC(=O)c4ccccc4NC(C)=O)CC[C@H]5OC)[C@@](O)(C[C@H]2OC)[C@@]13O. The van der Waals surface area contributed by atoms with Gasteiger partial charge in [0.25, 0.3) is 0 Å². The molecule has 4 N–H and O–H groups in total. The van der Waals surface area contributed by atoms with E-state index < -0.39 is 45.8 Å². The van der Waals surface area contributed by atoms with Gasteiger partial charge in [-0.15, -0.1) is 0 Å². The minimum Gasteiger partial charge on any atom is -0.386 e. The maximum Gasteiger partial charge on any atom is 0.221 e. The molecule has 10 heteroatoms. The number of piperidine rings is 1. The number of nitrogens with zero attached hydrogens (tertiary/aromatic N) is 1. The molecule has 1 aromatic carbocycles. The Balaban J connectivity index is 1.38. The number of fused-ring (bicyclic) bond motifs is 2. The number of para-hydroxylation sites is 1. The fourth-order valence-corrected chi connectivity index (χ4v) is 12.1. The van der Waals surface area contributed by atoms with Gasteiger partial charge in [-0.25, -0.2) is 0 Å². The summed E-state index contributed by atoms with van der Waals surface area (Å²) in [7, 11) is 6.82. The number of anilines is 1. The molecule has 1 aromatic rings. The third kappa shape index (κ3) is 3.09. The normalized spacial score (nSPS) is 50.0. The number of hydrogen-bond acceptors (Lipinski definition) is 9. The topological polar surface area (TPSA) is 138 Å². The molecule has 6 fully saturated rings. The van der Waals surface area contributed by atoms with Crippen molar-refractivity contribution in [1.29, 1.82) is 0 Å². The van der Waals surface area contributed by atoms with Gasteiger partial charge in [0, 0.05) is 76.5 Å². The molecule has 0 unspecified atom stereocenters. The Morgan fingerprint density at radius 3 is 2.40 bits per heavy atom. The van der Waals surface area contributed by atoms with Crippen LogP contribution in [-0.2, 0) is 19.0 Å². The lowest BCUT2D eigenvalue weighted by Crippen LogP contribution is -2.83. The molecule has 1 saturated heterocycles. The van der Waals surface area contributed by atoms with Crippen LogP contribution in [0.2, 0.25) is 0 Å². The van der Waals surface area contributed by atoms with Gasteiger partial charge in [0.05, 0.1) is 17.9 Å². The summed E-state index contributed by atoms with van der Waals surface area (Å²) in [5.74, 6) is -1.16. The van der Waals surface area contributed by atoms with Crippen LogP contribution in [0.15, 0.2) is 24.3 Å². The average molecular weight is 585 g/mol. The van der Waals surface area contributed by atoms with E-state index in [9.17, 15) is 24.9 Å². The first-order valence-corrected chi connectivity index (χ1v) is 15.2. The van der Waals surface area contributed by atoms with Crippen molar-refractivity contribution < 1.29 is 39.1 Å². The van der Waals surface area contributed by atoms with Gasteiger partial charge in [0.1, 0.15) is 22.9 Å². The first-order valence-electron chi connectivity index (χ1n) is 15.2. The van der Waals surface area contributed by atoms with E-state index in [1.54, 1.807) is 32.4 Å². The van der Waals surface area contributed by atoms with E-state index in [2.05, 4.69) is 17.3 Å². The van der Waals surface area contributed by atoms with Crippen LogP contribution in [0.25, 0.3) is 0 Å². The summed E-state index contributed by atoms with van der Waals surface area (Å²) in [5, 5.41) is 40.6. The molecule has 1 spiro atoms. The predicted octanol–water partition coefficient (Wildman–Crippen LogP) is 1.61. The van der Waals surface area contributed by atoms with Gasteiger partial charge < -0.3 is 39.7 Å². The second-order valence-electron chi connectivity index (χ2n) is 14.2. The molecule has 1 amide bonds. The van der Waals surface area contributed by atoms with Crippen LogP contribution < -0.4 is 5.32 Å². The number of likely N-dealkylation sites (tertiary alicyclic amines) is 1. The van der Waals surface area contributed by atoms with E-state index >= 15 is 0 Å². The highest BCUT2D eigenvalue weighted by Gasteiger charge is 2.90. The minimum absolute atomic E-state index is 0.0312. The molecule has 5 aliphatic carbocycles. The highest BCUT2D eigenvalue weighted by Crippen LogP contribution is 2.81. The van der Waals surface area contributed by atoms with Crippen LogP contribution in [-0.4, -0.2) is 108 Å². The standard InChI is InChI=1S/C32H44N2O8/c1-17(35)33-20-9-7-6-8-18(20)21(36)13-28-11-10-24(40-3)31-22(28)12-19(26(31)34(2)16-28)30(38)15-25(41-4)29(37)14-23(31)32(30,39)27(29)42-5/h6-9,19,22-27,37-39H,10-16H2,1-5H3,(H,33,35)/t19-,22-,23+,24-,25-,26-,27-,28-,29-,30+,31-,32+/m1/s1. The summed E-state index contributed by atoms with van der Waals surface area (Å²) in [5.41, 5.74) is -4.81. The molecule has 1 heterocycles. The predicted molar refractivity (Wildman–Crippen MR) is 152 cm³/mol. The first-order chi connectivity index (χ1) is 19.9. The Bertz CT molecular complexity index is 1320. The maximum atomic E-state index is 14.2. The zero-order valence-corrected chi connectivity index (χ0v) is 25.1. The lowest BCUT2D eigenvalue weighted by Gasteiger charge is -2.71. The van der Waals surface area contributed by atoms with Gasteiger partial charge >= 0.3 is 0 Å². The third-order valence-electron chi connectivity index (χ3n) is 13.0. The van der Waals surface area contributed by atoms with Crippen LogP contribution in [0.1, 0.15) is 55.8 Å². The molecule has 230 valence electrons. The second kappa shape index (κ2) is 9.06. The highest BCUT2D eigenvalue weighted by atomic mass is 16.5. The molecule has 1 aliphatic heterocycles. The monoisotopic (exact) mass is 584 g/mol. The zero-order valence-electron chi connectivity index (χ0n) is 25.1. The molecule has 10 nitrogen and oxygen atoms in total. The van der Waals surface area contributed by atoms with E-state index in [0.717, 1.165) is 6.42 Å². The van der Waals surface area contributed by atoms with Gasteiger partial charge in [-0.2, -0.15) is 0 Å². The number of ketones is 1. The molecule has 7 rings (SSSR count). The molecule has 0 aromatic heterocycles. The van der Waals surface area contributed by atoms with Crippen LogP contribution in [0.3, 0.4) is 0 Å². The molecular formula is C32H44N2O8. The van der Waals surface area contributed by atoms with Crippen molar-refractivity contribution >= 4 is 17.4 Å². The number of nitrogens with one attached hydrogen (secondary N) is 1. The number of amides is 1. The third-order valence-corrected chi connectivity index (χ3v) is 13.0. The van der Waals surface area contributed by atoms with Crippen LogP contribution >= 0.6 is 0 Å². The van der Waals surface area contributed by atoms with Gasteiger partial charge in [0.15, 0.2) is 5.78 Å². The Morgan fingerprint density at radius 2 is 1.74 bits per heavy atom. The van der Waals surface area contributed by atoms with Gasteiger partial charge in [-0.05, 0) is 56.2 Å². The smallest absolute Gasteiger partial charge is 0.221 e. The Hall–Kier alpha value is -1.92. The van der Waals surface area contributed by atoms with E-state index in [1.807, 2.05) is 6.07 Å². The summed E-state index contributed by atoms with van der Waals surface area (Å²) in [4.78, 5) is 28.4. The van der Waals surface area contributed by atoms with Crippen molar-refractivity contribution in [3.8, 4) is 0 Å². The number of benzene rings is 1. The van der Waals surface area contributed by atoms with E-state index in [0.29, 0.717) is 30.6 Å². The van der Waals surface area contributed by atoms with Crippen molar-refractivity contribution in [2.75, 3.05) is 40.2 Å². The summed E-state index contributed by atoms with van der Waals surface area (Å²) in [6, 6.07) is 7.04. The summed E-state index contributed by atoms with van der Waals surface area (Å²) in [6.07, 6.45) is 0.758. The lowest BCUT2D eigenvalue weighted by molar-refractivity contribution is -0.343. The Kier molecular flexibility index (Phi) is 6.22. The van der Waals surface area contributed by atoms with Crippen molar-refractivity contribution in [3.63, 3.8) is 0 Å². The highest BCUT2D eigenvalue weighted by molar-refractivity contribution is 6.04. The van der Waals surface area contributed by atoms with E-state index in [1.165, 1.54) is 14.0 Å². The minimum atomic E-state index is -1.71. The molecule has 0 radical (unpaired) electrons. The lowest BCUT2D eigenvalue weighted by atomic mass is 9.41. The number of aliphatic hydroxyl groups is 3. The van der Waals surface area contributed by atoms with Gasteiger partial charge in [-0.3, -0.25) is 9.59 Å². The molecule has 5 saturated carbocycles. The Labute approximate surface area is 246 Å². The number of methoxy groups -OCH3 is 3. The molecule has 12 atom stereocenters. The number of carbonyl (C=O) groups is 2. The number of ether oxygens (including phenoxy) is 3. The maximum absolute atomic E-state index is 14.2. The second-order valence-corrected chi connectivity index (χ2v) is 14.2. The fraction of sp³-hybridized carbons (Fsp3) is 0.750. The number of Topliss-reactive ketones (excluding diaryl/α,β-unsaturated/α-hetero) is 1. The van der Waals surface area contributed by atoms with Crippen molar-refractivity contribution in [2.24, 2.45) is 28.6 Å². The van der Waals surface area contributed by atoms with Crippen molar-refractivity contribution in [2.45, 2.75) is 86.6 Å². The van der Waals surface area contributed by atoms with Crippen LogP contribution in [0.5, 0.6) is 0 Å². The van der Waals surface area contributed by atoms with E-state index in [-0.39, 0.29) is 54.9 Å². The quantitative estimate of drug-likeness (QED) is 0.352. The van der Waals surface area contributed by atoms with Gasteiger partial charge in [0.2, 0.25) is 5.91 Å². The van der Waals surface area contributed by atoms with Crippen molar-refractivity contribution in [1.82, 2.24) is 4.90 Å². The van der Waals surface area contributed by atoms with Crippen LogP contribution in [0.4, 0.5) is 5.69 Å². The fourth-order valence-electron chi connectivity index (χ4n) is 12.1. The average Bonchev–Trinajstić information content (AvgIpc) is 3.35. The molecule has 42 heavy (non-hydrogen) atoms.